The molecule has 134 valence electrons. The predicted octanol–water partition coefficient (Wildman–Crippen LogP) is 1.77. The van der Waals surface area contributed by atoms with Crippen LogP contribution in [0.2, 0.25) is 0 Å². The van der Waals surface area contributed by atoms with E-state index in [0.717, 1.165) is 21.6 Å². The minimum atomic E-state index is -0.460. The summed E-state index contributed by atoms with van der Waals surface area (Å²) < 4.78 is 1.12. The lowest BCUT2D eigenvalue weighted by Crippen LogP contribution is -2.14. The normalized spacial score (nSPS) is 10.7. The van der Waals surface area contributed by atoms with E-state index in [0.29, 0.717) is 12.1 Å². The first-order valence-corrected chi connectivity index (χ1v) is 8.09. The molecule has 2 aromatic heterocycles. The monoisotopic (exact) mass is 353 g/mol. The molecule has 3 N–H and O–H groups in total. The third-order valence-electron chi connectivity index (χ3n) is 3.70. The third-order valence-corrected chi connectivity index (χ3v) is 3.70. The Morgan fingerprint density at radius 1 is 1.12 bits per heavy atom. The second-order valence-electron chi connectivity index (χ2n) is 5.87. The molecule has 0 saturated carbocycles. The number of carbonyl (C=O) groups is 1. The lowest BCUT2D eigenvalue weighted by atomic mass is 10.1. The molecule has 3 rings (SSSR count). The fourth-order valence-electron chi connectivity index (χ4n) is 2.51. The van der Waals surface area contributed by atoms with E-state index < -0.39 is 5.91 Å². The van der Waals surface area contributed by atoms with Crippen molar-refractivity contribution in [3.63, 3.8) is 0 Å². The van der Waals surface area contributed by atoms with Crippen molar-refractivity contribution < 1.29 is 15.0 Å². The van der Waals surface area contributed by atoms with E-state index in [1.54, 1.807) is 18.2 Å². The average Bonchev–Trinajstić information content (AvgIpc) is 2.98. The van der Waals surface area contributed by atoms with Gasteiger partial charge in [-0.25, -0.2) is 9.97 Å². The molecular weight excluding hydrogens is 334 g/mol. The maximum atomic E-state index is 12.4. The Hall–Kier alpha value is -3.26. The Morgan fingerprint density at radius 2 is 1.77 bits per heavy atom. The van der Waals surface area contributed by atoms with Crippen LogP contribution in [0.25, 0.3) is 5.95 Å². The van der Waals surface area contributed by atoms with E-state index in [1.165, 1.54) is 6.07 Å². The highest BCUT2D eigenvalue weighted by Crippen LogP contribution is 2.18. The summed E-state index contributed by atoms with van der Waals surface area (Å²) >= 11 is 0. The highest BCUT2D eigenvalue weighted by Gasteiger charge is 2.17. The molecule has 0 aliphatic heterocycles. The van der Waals surface area contributed by atoms with Crippen molar-refractivity contribution in [3.05, 3.63) is 59.0 Å². The molecule has 3 aromatic rings. The molecule has 8 nitrogen and oxygen atoms in total. The quantitative estimate of drug-likeness (QED) is 0.644. The van der Waals surface area contributed by atoms with Crippen molar-refractivity contribution in [2.75, 3.05) is 11.9 Å². The van der Waals surface area contributed by atoms with Gasteiger partial charge in [-0.2, -0.15) is 9.78 Å². The highest BCUT2D eigenvalue weighted by molar-refractivity contribution is 6.03. The number of amides is 1. The molecule has 0 saturated heterocycles. The number of nitrogens with zero attached hydrogens (tertiary/aromatic N) is 4. The number of nitrogens with one attached hydrogen (secondary N) is 1. The minimum absolute atomic E-state index is 0.0460. The van der Waals surface area contributed by atoms with Gasteiger partial charge in [0, 0.05) is 29.7 Å². The number of rotatable bonds is 5. The van der Waals surface area contributed by atoms with E-state index in [4.69, 9.17) is 5.11 Å². The first-order valence-electron chi connectivity index (χ1n) is 8.09. The van der Waals surface area contributed by atoms with Crippen LogP contribution >= 0.6 is 0 Å². The Balaban J connectivity index is 1.80. The van der Waals surface area contributed by atoms with Gasteiger partial charge in [-0.15, -0.1) is 0 Å². The smallest absolute Gasteiger partial charge is 0.276 e. The summed E-state index contributed by atoms with van der Waals surface area (Å²) in [5, 5.41) is 25.8. The summed E-state index contributed by atoms with van der Waals surface area (Å²) in [4.78, 5) is 20.8. The van der Waals surface area contributed by atoms with Gasteiger partial charge in [0.25, 0.3) is 11.9 Å². The van der Waals surface area contributed by atoms with Gasteiger partial charge >= 0.3 is 0 Å². The molecule has 26 heavy (non-hydrogen) atoms. The molecule has 2 heterocycles. The Labute approximate surface area is 150 Å². The second-order valence-corrected chi connectivity index (χ2v) is 5.87. The number of hydrogen-bond acceptors (Lipinski definition) is 6. The number of aryl methyl sites for hydroxylation is 2. The standard InChI is InChI=1S/C18H19N5O3/c1-11-9-12(2)20-18(19-11)23-16(25)10-15(22-23)17(26)21-14-5-3-13(4-6-14)7-8-24/h3-6,9-10,24-25H,7-8H2,1-2H3,(H,21,26). The van der Waals surface area contributed by atoms with E-state index in [9.17, 15) is 9.90 Å². The fraction of sp³-hybridized carbons (Fsp3) is 0.222. The first-order chi connectivity index (χ1) is 12.5. The number of aliphatic hydroxyl groups excluding tert-OH is 1. The summed E-state index contributed by atoms with van der Waals surface area (Å²) in [7, 11) is 0. The molecule has 1 aromatic carbocycles. The van der Waals surface area contributed by atoms with Gasteiger partial charge in [0.05, 0.1) is 0 Å². The topological polar surface area (TPSA) is 113 Å². The SMILES string of the molecule is Cc1cc(C)nc(-n2nc(C(=O)Nc3ccc(CCO)cc3)cc2O)n1. The third kappa shape index (κ3) is 3.86. The molecule has 0 aliphatic carbocycles. The van der Waals surface area contributed by atoms with Crippen LogP contribution in [0.4, 0.5) is 5.69 Å². The van der Waals surface area contributed by atoms with Crippen molar-refractivity contribution in [3.8, 4) is 11.8 Å². The van der Waals surface area contributed by atoms with Gasteiger partial charge in [0.15, 0.2) is 5.69 Å². The van der Waals surface area contributed by atoms with Gasteiger partial charge in [-0.05, 0) is 44.0 Å². The molecule has 0 atom stereocenters. The molecule has 0 spiro atoms. The van der Waals surface area contributed by atoms with Crippen molar-refractivity contribution in [1.82, 2.24) is 19.7 Å². The Kier molecular flexibility index (Phi) is 4.94. The first kappa shape index (κ1) is 17.6. The van der Waals surface area contributed by atoms with E-state index >= 15 is 0 Å². The van der Waals surface area contributed by atoms with E-state index in [1.807, 2.05) is 26.0 Å². The largest absolute Gasteiger partial charge is 0.493 e. The van der Waals surface area contributed by atoms with Gasteiger partial charge in [0.2, 0.25) is 5.88 Å². The molecule has 0 bridgehead atoms. The lowest BCUT2D eigenvalue weighted by Gasteiger charge is -2.05. The summed E-state index contributed by atoms with van der Waals surface area (Å²) in [6, 6.07) is 10.2. The van der Waals surface area contributed by atoms with Gasteiger partial charge in [0.1, 0.15) is 0 Å². The second kappa shape index (κ2) is 7.32. The number of anilines is 1. The maximum absolute atomic E-state index is 12.4. The number of aliphatic hydroxyl groups is 1. The molecule has 0 fully saturated rings. The number of carbonyl (C=O) groups excluding carboxylic acids is 1. The number of aromatic hydroxyl groups is 1. The highest BCUT2D eigenvalue weighted by atomic mass is 16.3. The van der Waals surface area contributed by atoms with Crippen molar-refractivity contribution >= 4 is 11.6 Å². The summed E-state index contributed by atoms with van der Waals surface area (Å²) in [6.45, 7) is 3.70. The molecule has 1 amide bonds. The van der Waals surface area contributed by atoms with Gasteiger partial charge in [-0.1, -0.05) is 12.1 Å². The van der Waals surface area contributed by atoms with Crippen LogP contribution in [-0.4, -0.2) is 42.5 Å². The molecule has 0 unspecified atom stereocenters. The van der Waals surface area contributed by atoms with Gasteiger partial charge < -0.3 is 15.5 Å². The summed E-state index contributed by atoms with van der Waals surface area (Å²) in [5.74, 6) is -0.482. The molecule has 0 aliphatic rings. The van der Waals surface area contributed by atoms with Crippen molar-refractivity contribution in [1.29, 1.82) is 0 Å². The summed E-state index contributed by atoms with van der Waals surface area (Å²) in [5.41, 5.74) is 3.07. The van der Waals surface area contributed by atoms with Crippen LogP contribution in [0, 0.1) is 13.8 Å². The molecular formula is C18H19N5O3. The van der Waals surface area contributed by atoms with Crippen LogP contribution in [-0.2, 0) is 6.42 Å². The van der Waals surface area contributed by atoms with E-state index in [-0.39, 0.29) is 24.1 Å². The summed E-state index contributed by atoms with van der Waals surface area (Å²) in [6.07, 6.45) is 0.558. The van der Waals surface area contributed by atoms with Crippen LogP contribution in [0.1, 0.15) is 27.4 Å². The minimum Gasteiger partial charge on any atom is -0.493 e. The maximum Gasteiger partial charge on any atom is 0.276 e. The van der Waals surface area contributed by atoms with Gasteiger partial charge in [-0.3, -0.25) is 4.79 Å². The number of hydrogen-bond donors (Lipinski definition) is 3. The molecule has 8 heteroatoms. The number of aromatic nitrogens is 4. The van der Waals surface area contributed by atoms with Crippen LogP contribution in [0.5, 0.6) is 5.88 Å². The Morgan fingerprint density at radius 3 is 2.38 bits per heavy atom. The van der Waals surface area contributed by atoms with Crippen LogP contribution in [0.3, 0.4) is 0 Å². The zero-order valence-corrected chi connectivity index (χ0v) is 14.5. The Bertz CT molecular complexity index is 914. The predicted molar refractivity (Wildman–Crippen MR) is 95.5 cm³/mol. The van der Waals surface area contributed by atoms with Crippen molar-refractivity contribution in [2.24, 2.45) is 0 Å². The zero-order chi connectivity index (χ0) is 18.7. The van der Waals surface area contributed by atoms with Crippen LogP contribution < -0.4 is 5.32 Å². The fourth-order valence-corrected chi connectivity index (χ4v) is 2.51. The van der Waals surface area contributed by atoms with Crippen molar-refractivity contribution in [2.45, 2.75) is 20.3 Å². The molecule has 0 radical (unpaired) electrons. The zero-order valence-electron chi connectivity index (χ0n) is 14.5. The lowest BCUT2D eigenvalue weighted by molar-refractivity contribution is 0.102. The van der Waals surface area contributed by atoms with E-state index in [2.05, 4.69) is 20.4 Å². The number of benzene rings is 1. The average molecular weight is 353 g/mol. The van der Waals surface area contributed by atoms with Crippen LogP contribution in [0.15, 0.2) is 36.4 Å².